The van der Waals surface area contributed by atoms with Crippen molar-refractivity contribution in [3.63, 3.8) is 0 Å². The number of ether oxygens (including phenoxy) is 2. The number of aromatic amines is 1. The number of ketones is 1. The smallest absolute Gasteiger partial charge is 0.328 e. The Kier molecular flexibility index (Phi) is 7.19. The molecule has 3 atom stereocenters. The van der Waals surface area contributed by atoms with Crippen LogP contribution in [-0.2, 0) is 19.1 Å². The lowest BCUT2D eigenvalue weighted by atomic mass is 9.97. The molecule has 2 aromatic rings. The number of Topliss-reactive ketones (excluding diaryl/α,β-unsaturated/α-hetero) is 1. The molecule has 1 heterocycles. The van der Waals surface area contributed by atoms with Crippen LogP contribution in [0.15, 0.2) is 24.3 Å². The molecule has 0 unspecified atom stereocenters. The number of amides is 2. The Morgan fingerprint density at radius 3 is 2.53 bits per heavy atom. The monoisotopic (exact) mass is 469 g/mol. The van der Waals surface area contributed by atoms with Crippen LogP contribution in [0.4, 0.5) is 0 Å². The zero-order valence-electron chi connectivity index (χ0n) is 19.5. The molecular formula is C25H31N3O6. The molecule has 0 radical (unpaired) electrons. The maximum absolute atomic E-state index is 13.2. The number of rotatable bonds is 10. The highest BCUT2D eigenvalue weighted by molar-refractivity contribution is 6.01. The Bertz CT molecular complexity index is 1090. The lowest BCUT2D eigenvalue weighted by molar-refractivity contribution is -0.146. The highest BCUT2D eigenvalue weighted by Gasteiger charge is 2.35. The first-order chi connectivity index (χ1) is 16.4. The Labute approximate surface area is 197 Å². The van der Waals surface area contributed by atoms with Gasteiger partial charge < -0.3 is 25.1 Å². The van der Waals surface area contributed by atoms with E-state index in [0.29, 0.717) is 36.6 Å². The standard InChI is InChI=1S/C25H31N3O6/c1-33-22-8-4-6-17-16(22)13-19(26-17)24(31)27-18(11-14-9-10-14)23(30)28-20(25(32)34-2)12-15-5-3-7-21(15)29/h4,6,8,13-15,18,20,26H,3,5,7,9-12H2,1-2H3,(H,27,31)(H,28,30)/t15-,18-,20-/m0/s1. The highest BCUT2D eigenvalue weighted by atomic mass is 16.5. The summed E-state index contributed by atoms with van der Waals surface area (Å²) in [5.74, 6) is -0.613. The van der Waals surface area contributed by atoms with Crippen LogP contribution < -0.4 is 15.4 Å². The summed E-state index contributed by atoms with van der Waals surface area (Å²) < 4.78 is 10.2. The van der Waals surface area contributed by atoms with Crippen LogP contribution >= 0.6 is 0 Å². The summed E-state index contributed by atoms with van der Waals surface area (Å²) in [5, 5.41) is 6.33. The third-order valence-corrected chi connectivity index (χ3v) is 6.73. The third-order valence-electron chi connectivity index (χ3n) is 6.73. The number of benzene rings is 1. The van der Waals surface area contributed by atoms with E-state index >= 15 is 0 Å². The Morgan fingerprint density at radius 1 is 1.09 bits per heavy atom. The number of methoxy groups -OCH3 is 2. The molecule has 2 amide bonds. The van der Waals surface area contributed by atoms with Crippen LogP contribution in [-0.4, -0.2) is 54.9 Å². The Hall–Kier alpha value is -3.36. The number of carbonyl (C=O) groups excluding carboxylic acids is 4. The topological polar surface area (TPSA) is 127 Å². The largest absolute Gasteiger partial charge is 0.496 e. The van der Waals surface area contributed by atoms with Gasteiger partial charge in [0.05, 0.1) is 14.2 Å². The number of hydrogen-bond donors (Lipinski definition) is 3. The summed E-state index contributed by atoms with van der Waals surface area (Å²) in [4.78, 5) is 53.7. The molecule has 0 spiro atoms. The second-order valence-electron chi connectivity index (χ2n) is 9.19. The average Bonchev–Trinajstić information content (AvgIpc) is 3.39. The molecule has 0 saturated heterocycles. The molecule has 9 heteroatoms. The van der Waals surface area contributed by atoms with Gasteiger partial charge in [0.25, 0.3) is 5.91 Å². The summed E-state index contributed by atoms with van der Waals surface area (Å²) in [6.45, 7) is 0. The fourth-order valence-electron chi connectivity index (χ4n) is 4.63. The molecule has 0 aliphatic heterocycles. The van der Waals surface area contributed by atoms with Gasteiger partial charge in [-0.3, -0.25) is 14.4 Å². The summed E-state index contributed by atoms with van der Waals surface area (Å²) in [6, 6.07) is 5.43. The SMILES string of the molecule is COC(=O)[C@H](C[C@@H]1CCCC1=O)NC(=O)[C@H](CC1CC1)NC(=O)c1cc2c(OC)cccc2[nH]1. The van der Waals surface area contributed by atoms with Crippen LogP contribution in [0.25, 0.3) is 10.9 Å². The van der Waals surface area contributed by atoms with E-state index in [1.54, 1.807) is 13.2 Å². The molecule has 2 saturated carbocycles. The molecule has 2 aliphatic rings. The predicted octanol–water partition coefficient (Wildman–Crippen LogP) is 2.49. The van der Waals surface area contributed by atoms with Crippen LogP contribution in [0.5, 0.6) is 5.75 Å². The fraction of sp³-hybridized carbons (Fsp3) is 0.520. The number of fused-ring (bicyclic) bond motifs is 1. The van der Waals surface area contributed by atoms with Gasteiger partial charge in [-0.15, -0.1) is 0 Å². The molecule has 3 N–H and O–H groups in total. The average molecular weight is 470 g/mol. The molecule has 2 aliphatic carbocycles. The predicted molar refractivity (Wildman–Crippen MR) is 124 cm³/mol. The lowest BCUT2D eigenvalue weighted by Gasteiger charge is -2.23. The number of aromatic nitrogens is 1. The normalized spacial score (nSPS) is 19.5. The molecule has 1 aromatic carbocycles. The zero-order valence-corrected chi connectivity index (χ0v) is 19.5. The molecule has 4 rings (SSSR count). The van der Waals surface area contributed by atoms with Crippen LogP contribution in [0, 0.1) is 11.8 Å². The van der Waals surface area contributed by atoms with Gasteiger partial charge in [-0.25, -0.2) is 4.79 Å². The van der Waals surface area contributed by atoms with Gasteiger partial charge in [-0.1, -0.05) is 18.9 Å². The van der Waals surface area contributed by atoms with Crippen LogP contribution in [0.3, 0.4) is 0 Å². The van der Waals surface area contributed by atoms with E-state index in [1.165, 1.54) is 7.11 Å². The van der Waals surface area contributed by atoms with E-state index in [4.69, 9.17) is 9.47 Å². The third kappa shape index (κ3) is 5.40. The second-order valence-corrected chi connectivity index (χ2v) is 9.19. The summed E-state index contributed by atoms with van der Waals surface area (Å²) >= 11 is 0. The minimum absolute atomic E-state index is 0.111. The van der Waals surface area contributed by atoms with E-state index < -0.39 is 29.9 Å². The highest BCUT2D eigenvalue weighted by Crippen LogP contribution is 2.34. The van der Waals surface area contributed by atoms with E-state index in [0.717, 1.165) is 30.2 Å². The molecule has 34 heavy (non-hydrogen) atoms. The number of carbonyl (C=O) groups is 4. The van der Waals surface area contributed by atoms with Crippen molar-refractivity contribution in [2.24, 2.45) is 11.8 Å². The maximum atomic E-state index is 13.2. The number of hydrogen-bond acceptors (Lipinski definition) is 6. The first-order valence-corrected chi connectivity index (χ1v) is 11.8. The van der Waals surface area contributed by atoms with Crippen molar-refractivity contribution in [2.75, 3.05) is 14.2 Å². The van der Waals surface area contributed by atoms with E-state index in [1.807, 2.05) is 18.2 Å². The van der Waals surface area contributed by atoms with Crippen molar-refractivity contribution in [3.8, 4) is 5.75 Å². The van der Waals surface area contributed by atoms with Gasteiger partial charge in [0.1, 0.15) is 29.3 Å². The van der Waals surface area contributed by atoms with Gasteiger partial charge >= 0.3 is 5.97 Å². The van der Waals surface area contributed by atoms with Gasteiger partial charge in [-0.05, 0) is 49.8 Å². The van der Waals surface area contributed by atoms with Gasteiger partial charge in [0.15, 0.2) is 0 Å². The van der Waals surface area contributed by atoms with Gasteiger partial charge in [0, 0.05) is 23.2 Å². The van der Waals surface area contributed by atoms with Crippen LogP contribution in [0.2, 0.25) is 0 Å². The summed E-state index contributed by atoms with van der Waals surface area (Å²) in [6.07, 6.45) is 4.69. The zero-order chi connectivity index (χ0) is 24.2. The van der Waals surface area contributed by atoms with Crippen molar-refractivity contribution in [2.45, 2.75) is 57.0 Å². The lowest BCUT2D eigenvalue weighted by Crippen LogP contribution is -2.52. The second kappa shape index (κ2) is 10.3. The Morgan fingerprint density at radius 2 is 1.88 bits per heavy atom. The summed E-state index contributed by atoms with van der Waals surface area (Å²) in [5.41, 5.74) is 1.06. The van der Waals surface area contributed by atoms with Crippen molar-refractivity contribution in [1.82, 2.24) is 15.6 Å². The number of H-pyrrole nitrogens is 1. The van der Waals surface area contributed by atoms with E-state index in [-0.39, 0.29) is 18.1 Å². The van der Waals surface area contributed by atoms with Crippen molar-refractivity contribution in [3.05, 3.63) is 30.0 Å². The van der Waals surface area contributed by atoms with Crippen molar-refractivity contribution >= 4 is 34.5 Å². The molecule has 1 aromatic heterocycles. The van der Waals surface area contributed by atoms with Crippen molar-refractivity contribution < 1.29 is 28.7 Å². The Balaban J connectivity index is 1.47. The molecule has 182 valence electrons. The minimum Gasteiger partial charge on any atom is -0.496 e. The minimum atomic E-state index is -0.930. The number of nitrogens with one attached hydrogen (secondary N) is 3. The molecular weight excluding hydrogens is 438 g/mol. The molecule has 9 nitrogen and oxygen atoms in total. The molecule has 2 fully saturated rings. The molecule has 0 bridgehead atoms. The van der Waals surface area contributed by atoms with Crippen molar-refractivity contribution in [1.29, 1.82) is 0 Å². The maximum Gasteiger partial charge on any atom is 0.328 e. The fourth-order valence-corrected chi connectivity index (χ4v) is 4.63. The van der Waals surface area contributed by atoms with Gasteiger partial charge in [0.2, 0.25) is 5.91 Å². The summed E-state index contributed by atoms with van der Waals surface area (Å²) in [7, 11) is 2.82. The van der Waals surface area contributed by atoms with E-state index in [2.05, 4.69) is 15.6 Å². The van der Waals surface area contributed by atoms with Gasteiger partial charge in [-0.2, -0.15) is 0 Å². The first-order valence-electron chi connectivity index (χ1n) is 11.8. The van der Waals surface area contributed by atoms with Crippen LogP contribution in [0.1, 0.15) is 55.4 Å². The quantitative estimate of drug-likeness (QED) is 0.459. The number of esters is 1. The van der Waals surface area contributed by atoms with E-state index in [9.17, 15) is 19.2 Å². The first kappa shape index (κ1) is 23.8.